The highest BCUT2D eigenvalue weighted by molar-refractivity contribution is 7.20. The number of fused-ring (bicyclic) bond motifs is 4. The summed E-state index contributed by atoms with van der Waals surface area (Å²) in [7, 11) is 0. The average Bonchev–Trinajstić information content (AvgIpc) is 3.00. The number of nitro groups is 1. The van der Waals surface area contributed by atoms with Gasteiger partial charge >= 0.3 is 0 Å². The molecule has 0 N–H and O–H groups in total. The van der Waals surface area contributed by atoms with Crippen LogP contribution in [0.1, 0.15) is 28.9 Å². The third kappa shape index (κ3) is 2.66. The quantitative estimate of drug-likeness (QED) is 0.487. The average molecular weight is 330 g/mol. The molecule has 6 heteroatoms. The lowest BCUT2D eigenvalue weighted by Crippen LogP contribution is -2.47. The van der Waals surface area contributed by atoms with Gasteiger partial charge in [0.25, 0.3) is 5.69 Å². The maximum absolute atomic E-state index is 12.7. The molecule has 3 aliphatic rings. The van der Waals surface area contributed by atoms with Gasteiger partial charge in [-0.1, -0.05) is 6.07 Å². The van der Waals surface area contributed by atoms with Gasteiger partial charge in [-0.25, -0.2) is 0 Å². The number of nitrogens with zero attached hydrogens (tertiary/aromatic N) is 2. The van der Waals surface area contributed by atoms with E-state index in [4.69, 9.17) is 0 Å². The van der Waals surface area contributed by atoms with Crippen molar-refractivity contribution in [1.82, 2.24) is 4.90 Å². The number of piperidine rings is 3. The molecule has 0 saturated carbocycles. The largest absolute Gasteiger partial charge is 0.303 e. The Morgan fingerprint density at radius 3 is 2.78 bits per heavy atom. The second-order valence-corrected chi connectivity index (χ2v) is 7.67. The number of thiophene rings is 1. The summed E-state index contributed by atoms with van der Waals surface area (Å²) in [5.41, 5.74) is 0.0839. The molecule has 0 spiro atoms. The van der Waals surface area contributed by atoms with Gasteiger partial charge in [-0.3, -0.25) is 14.9 Å². The third-order valence-corrected chi connectivity index (χ3v) is 6.39. The van der Waals surface area contributed by atoms with Crippen LogP contribution in [0.25, 0.3) is 10.1 Å². The Kier molecular flexibility index (Phi) is 3.66. The first kappa shape index (κ1) is 14.8. The van der Waals surface area contributed by atoms with Gasteiger partial charge in [-0.05, 0) is 49.9 Å². The van der Waals surface area contributed by atoms with E-state index in [0.717, 1.165) is 11.2 Å². The molecule has 1 aromatic carbocycles. The number of rotatable bonds is 4. The normalized spacial score (nSPS) is 26.5. The number of Topliss-reactive ketones (excluding diaryl/α,β-unsaturated/α-hetero) is 1. The van der Waals surface area contributed by atoms with Crippen LogP contribution in [0.2, 0.25) is 0 Å². The van der Waals surface area contributed by atoms with Gasteiger partial charge in [0.05, 0.1) is 15.2 Å². The van der Waals surface area contributed by atoms with Crippen LogP contribution in [-0.2, 0) is 0 Å². The first-order valence-electron chi connectivity index (χ1n) is 8.04. The predicted octanol–water partition coefficient (Wildman–Crippen LogP) is 3.72. The van der Waals surface area contributed by atoms with Crippen LogP contribution in [0.4, 0.5) is 5.69 Å². The van der Waals surface area contributed by atoms with Crippen molar-refractivity contribution in [3.8, 4) is 0 Å². The van der Waals surface area contributed by atoms with Gasteiger partial charge < -0.3 is 4.90 Å². The number of hydrogen-bond acceptors (Lipinski definition) is 5. The highest BCUT2D eigenvalue weighted by atomic mass is 32.1. The van der Waals surface area contributed by atoms with E-state index in [-0.39, 0.29) is 16.4 Å². The second-order valence-electron chi connectivity index (χ2n) is 6.58. The van der Waals surface area contributed by atoms with Crippen molar-refractivity contribution >= 4 is 32.9 Å². The number of ketones is 1. The van der Waals surface area contributed by atoms with Gasteiger partial charge in [0, 0.05) is 23.7 Å². The summed E-state index contributed by atoms with van der Waals surface area (Å²) in [4.78, 5) is 26.5. The van der Waals surface area contributed by atoms with Gasteiger partial charge in [0.1, 0.15) is 0 Å². The standard InChI is InChI=1S/C17H18N2O3S/c20-15(8-12-10-18-6-4-11(12)5-7-18)17-9-13-14(19(21)22)2-1-3-16(13)23-17/h1-3,9,11-12H,4-8,10H2/t12-/m1/s1. The van der Waals surface area contributed by atoms with Crippen molar-refractivity contribution < 1.29 is 9.72 Å². The van der Waals surface area contributed by atoms with Gasteiger partial charge in [-0.2, -0.15) is 0 Å². The summed E-state index contributed by atoms with van der Waals surface area (Å²) in [6, 6.07) is 6.73. The Balaban J connectivity index is 1.58. The molecule has 0 amide bonds. The first-order valence-corrected chi connectivity index (χ1v) is 8.86. The Morgan fingerprint density at radius 1 is 1.35 bits per heavy atom. The zero-order valence-corrected chi connectivity index (χ0v) is 13.6. The van der Waals surface area contributed by atoms with Gasteiger partial charge in [0.15, 0.2) is 5.78 Å². The number of nitro benzene ring substituents is 1. The van der Waals surface area contributed by atoms with Crippen LogP contribution < -0.4 is 0 Å². The van der Waals surface area contributed by atoms with Crippen molar-refractivity contribution in [3.63, 3.8) is 0 Å². The number of carbonyl (C=O) groups is 1. The van der Waals surface area contributed by atoms with Crippen molar-refractivity contribution in [2.75, 3.05) is 19.6 Å². The van der Waals surface area contributed by atoms with E-state index in [2.05, 4.69) is 4.90 Å². The van der Waals surface area contributed by atoms with Gasteiger partial charge in [0.2, 0.25) is 0 Å². The topological polar surface area (TPSA) is 63.5 Å². The molecule has 3 saturated heterocycles. The molecule has 0 aliphatic carbocycles. The molecular formula is C17H18N2O3S. The summed E-state index contributed by atoms with van der Waals surface area (Å²) in [6.45, 7) is 3.37. The highest BCUT2D eigenvalue weighted by Gasteiger charge is 2.35. The number of benzene rings is 1. The highest BCUT2D eigenvalue weighted by Crippen LogP contribution is 2.37. The zero-order valence-electron chi connectivity index (χ0n) is 12.7. The van der Waals surface area contributed by atoms with E-state index in [1.165, 1.54) is 43.3 Å². The minimum Gasteiger partial charge on any atom is -0.303 e. The molecule has 2 aromatic rings. The van der Waals surface area contributed by atoms with Crippen molar-refractivity contribution in [1.29, 1.82) is 0 Å². The summed E-state index contributed by atoms with van der Waals surface area (Å²) in [5.74, 6) is 1.26. The van der Waals surface area contributed by atoms with Crippen molar-refractivity contribution in [3.05, 3.63) is 39.3 Å². The number of non-ortho nitro benzene ring substituents is 1. The van der Waals surface area contributed by atoms with E-state index >= 15 is 0 Å². The molecule has 5 rings (SSSR count). The maximum Gasteiger partial charge on any atom is 0.278 e. The summed E-state index contributed by atoms with van der Waals surface area (Å²) in [6.07, 6.45) is 2.98. The fourth-order valence-corrected chi connectivity index (χ4v) is 5.03. The van der Waals surface area contributed by atoms with E-state index in [0.29, 0.717) is 28.5 Å². The van der Waals surface area contributed by atoms with E-state index in [1.807, 2.05) is 6.07 Å². The lowest BCUT2D eigenvalue weighted by Gasteiger charge is -2.44. The fraction of sp³-hybridized carbons (Fsp3) is 0.471. The molecule has 120 valence electrons. The molecule has 2 bridgehead atoms. The molecule has 3 fully saturated rings. The Morgan fingerprint density at radius 2 is 2.13 bits per heavy atom. The third-order valence-electron chi connectivity index (χ3n) is 5.25. The lowest BCUT2D eigenvalue weighted by atomic mass is 9.76. The second kappa shape index (κ2) is 5.69. The van der Waals surface area contributed by atoms with Crippen LogP contribution in [-0.4, -0.2) is 35.2 Å². The molecule has 1 aromatic heterocycles. The number of carbonyl (C=O) groups excluding carboxylic acids is 1. The Labute approximate surface area is 138 Å². The first-order chi connectivity index (χ1) is 11.1. The molecule has 5 nitrogen and oxygen atoms in total. The fourth-order valence-electron chi connectivity index (χ4n) is 4.00. The van der Waals surface area contributed by atoms with Gasteiger partial charge in [-0.15, -0.1) is 11.3 Å². The van der Waals surface area contributed by atoms with Crippen molar-refractivity contribution in [2.24, 2.45) is 11.8 Å². The monoisotopic (exact) mass is 330 g/mol. The Hall–Kier alpha value is -1.79. The molecule has 3 aliphatic heterocycles. The molecular weight excluding hydrogens is 312 g/mol. The van der Waals surface area contributed by atoms with Crippen LogP contribution in [0.3, 0.4) is 0 Å². The molecule has 4 heterocycles. The molecule has 23 heavy (non-hydrogen) atoms. The van der Waals surface area contributed by atoms with Crippen LogP contribution in [0.15, 0.2) is 24.3 Å². The predicted molar refractivity (Wildman–Crippen MR) is 90.1 cm³/mol. The summed E-state index contributed by atoms with van der Waals surface area (Å²) < 4.78 is 0.816. The zero-order chi connectivity index (χ0) is 16.0. The van der Waals surface area contributed by atoms with Crippen LogP contribution >= 0.6 is 11.3 Å². The minimum atomic E-state index is -0.378. The number of hydrogen-bond donors (Lipinski definition) is 0. The maximum atomic E-state index is 12.7. The summed E-state index contributed by atoms with van der Waals surface area (Å²) in [5, 5.41) is 11.7. The lowest BCUT2D eigenvalue weighted by molar-refractivity contribution is -0.383. The van der Waals surface area contributed by atoms with E-state index in [9.17, 15) is 14.9 Å². The van der Waals surface area contributed by atoms with Crippen molar-refractivity contribution in [2.45, 2.75) is 19.3 Å². The molecule has 0 unspecified atom stereocenters. The van der Waals surface area contributed by atoms with Crippen LogP contribution in [0.5, 0.6) is 0 Å². The molecule has 1 atom stereocenters. The van der Waals surface area contributed by atoms with Crippen LogP contribution in [0, 0.1) is 22.0 Å². The smallest absolute Gasteiger partial charge is 0.278 e. The van der Waals surface area contributed by atoms with E-state index in [1.54, 1.807) is 12.1 Å². The molecule has 0 radical (unpaired) electrons. The minimum absolute atomic E-state index is 0.0839. The summed E-state index contributed by atoms with van der Waals surface area (Å²) >= 11 is 1.38. The van der Waals surface area contributed by atoms with E-state index < -0.39 is 0 Å². The SMILES string of the molecule is O=C(C[C@@H]1CN2CCC1CC2)c1cc2c([N+](=O)[O-])cccc2s1. The Bertz CT molecular complexity index is 777.